The third-order valence-electron chi connectivity index (χ3n) is 4.65. The first-order chi connectivity index (χ1) is 10.2. The van der Waals surface area contributed by atoms with Gasteiger partial charge in [-0.2, -0.15) is 0 Å². The summed E-state index contributed by atoms with van der Waals surface area (Å²) in [7, 11) is 0. The molecule has 2 heterocycles. The van der Waals surface area contributed by atoms with Crippen LogP contribution < -0.4 is 5.73 Å². The van der Waals surface area contributed by atoms with E-state index in [1.165, 1.54) is 5.56 Å². The lowest BCUT2D eigenvalue weighted by Gasteiger charge is -2.35. The van der Waals surface area contributed by atoms with Crippen molar-refractivity contribution < 1.29 is 4.79 Å². The number of carbonyl (C=O) groups excluding carboxylic acids is 1. The van der Waals surface area contributed by atoms with Crippen LogP contribution >= 0.6 is 0 Å². The van der Waals surface area contributed by atoms with Crippen molar-refractivity contribution in [1.82, 2.24) is 9.80 Å². The highest BCUT2D eigenvalue weighted by Crippen LogP contribution is 2.23. The Morgan fingerprint density at radius 1 is 1.14 bits per heavy atom. The number of hydrogen-bond acceptors (Lipinski definition) is 3. The van der Waals surface area contributed by atoms with E-state index in [-0.39, 0.29) is 12.1 Å². The Hall–Kier alpha value is -1.39. The van der Waals surface area contributed by atoms with Crippen molar-refractivity contribution in [3.8, 4) is 0 Å². The summed E-state index contributed by atoms with van der Waals surface area (Å²) in [5.41, 5.74) is 7.30. The Kier molecular flexibility index (Phi) is 4.56. The zero-order valence-corrected chi connectivity index (χ0v) is 12.6. The number of nitrogens with two attached hydrogens (primary N) is 1. The minimum absolute atomic E-state index is 0.0514. The summed E-state index contributed by atoms with van der Waals surface area (Å²) in [6.45, 7) is 3.50. The van der Waals surface area contributed by atoms with Crippen LogP contribution in [0.2, 0.25) is 0 Å². The number of likely N-dealkylation sites (tertiary alicyclic amines) is 2. The number of hydrogen-bond donors (Lipinski definition) is 1. The maximum Gasteiger partial charge on any atom is 0.239 e. The summed E-state index contributed by atoms with van der Waals surface area (Å²) in [5, 5.41) is 0. The quantitative estimate of drug-likeness (QED) is 0.918. The van der Waals surface area contributed by atoms with E-state index in [0.29, 0.717) is 5.91 Å². The molecule has 21 heavy (non-hydrogen) atoms. The molecule has 2 atom stereocenters. The van der Waals surface area contributed by atoms with E-state index in [9.17, 15) is 4.79 Å². The van der Waals surface area contributed by atoms with Crippen LogP contribution in [0.25, 0.3) is 0 Å². The Morgan fingerprint density at radius 2 is 1.90 bits per heavy atom. The van der Waals surface area contributed by atoms with Crippen molar-refractivity contribution >= 4 is 5.91 Å². The minimum Gasteiger partial charge on any atom is -0.340 e. The first kappa shape index (κ1) is 14.5. The first-order valence-electron chi connectivity index (χ1n) is 8.06. The first-order valence-corrected chi connectivity index (χ1v) is 8.06. The standard InChI is InChI=1S/C17H25N3O/c18-15-8-4-11-20(13-15)17(21)16-9-5-10-19(16)12-14-6-2-1-3-7-14/h1-3,6-7,15-16H,4-5,8-13,18H2/t15-,16-/m0/s1. The summed E-state index contributed by atoms with van der Waals surface area (Å²) in [6, 6.07) is 10.6. The van der Waals surface area contributed by atoms with Crippen LogP contribution in [-0.2, 0) is 11.3 Å². The van der Waals surface area contributed by atoms with Crippen molar-refractivity contribution in [2.45, 2.75) is 44.3 Å². The second-order valence-electron chi connectivity index (χ2n) is 6.30. The zero-order valence-electron chi connectivity index (χ0n) is 12.6. The van der Waals surface area contributed by atoms with E-state index in [0.717, 1.165) is 51.9 Å². The van der Waals surface area contributed by atoms with Gasteiger partial charge in [-0.05, 0) is 37.8 Å². The highest BCUT2D eigenvalue weighted by atomic mass is 16.2. The molecule has 3 rings (SSSR count). The molecule has 0 bridgehead atoms. The number of rotatable bonds is 3. The number of benzene rings is 1. The lowest BCUT2D eigenvalue weighted by molar-refractivity contribution is -0.137. The Morgan fingerprint density at radius 3 is 2.67 bits per heavy atom. The second-order valence-corrected chi connectivity index (χ2v) is 6.30. The van der Waals surface area contributed by atoms with E-state index < -0.39 is 0 Å². The average Bonchev–Trinajstić information content (AvgIpc) is 2.95. The number of carbonyl (C=O) groups is 1. The summed E-state index contributed by atoms with van der Waals surface area (Å²) < 4.78 is 0. The van der Waals surface area contributed by atoms with Crippen LogP contribution in [-0.4, -0.2) is 47.4 Å². The summed E-state index contributed by atoms with van der Waals surface area (Å²) >= 11 is 0. The molecule has 0 radical (unpaired) electrons. The van der Waals surface area contributed by atoms with Gasteiger partial charge in [-0.25, -0.2) is 0 Å². The van der Waals surface area contributed by atoms with Crippen LogP contribution in [0.3, 0.4) is 0 Å². The summed E-state index contributed by atoms with van der Waals surface area (Å²) in [5.74, 6) is 0.290. The zero-order chi connectivity index (χ0) is 14.7. The molecule has 2 fully saturated rings. The molecule has 2 aliphatic heterocycles. The fraction of sp³-hybridized carbons (Fsp3) is 0.588. The van der Waals surface area contributed by atoms with E-state index in [2.05, 4.69) is 29.2 Å². The molecule has 2 aliphatic rings. The average molecular weight is 287 g/mol. The van der Waals surface area contributed by atoms with Crippen LogP contribution in [0.1, 0.15) is 31.2 Å². The fourth-order valence-corrected chi connectivity index (χ4v) is 3.53. The number of amides is 1. The molecule has 2 N–H and O–H groups in total. The van der Waals surface area contributed by atoms with Crippen molar-refractivity contribution in [2.24, 2.45) is 5.73 Å². The van der Waals surface area contributed by atoms with Gasteiger partial charge in [0.05, 0.1) is 6.04 Å². The molecule has 1 amide bonds. The summed E-state index contributed by atoms with van der Waals surface area (Å²) in [6.07, 6.45) is 4.18. The van der Waals surface area contributed by atoms with Gasteiger partial charge in [-0.15, -0.1) is 0 Å². The molecule has 0 spiro atoms. The van der Waals surface area contributed by atoms with Crippen molar-refractivity contribution in [3.05, 3.63) is 35.9 Å². The minimum atomic E-state index is 0.0514. The second kappa shape index (κ2) is 6.58. The van der Waals surface area contributed by atoms with Crippen LogP contribution in [0.4, 0.5) is 0 Å². The Labute approximate surface area is 126 Å². The molecule has 2 saturated heterocycles. The van der Waals surface area contributed by atoms with Crippen LogP contribution in [0.15, 0.2) is 30.3 Å². The van der Waals surface area contributed by atoms with Gasteiger partial charge >= 0.3 is 0 Å². The molecule has 0 aromatic heterocycles. The molecular weight excluding hydrogens is 262 g/mol. The smallest absolute Gasteiger partial charge is 0.239 e. The van der Waals surface area contributed by atoms with Gasteiger partial charge < -0.3 is 10.6 Å². The van der Waals surface area contributed by atoms with Gasteiger partial charge in [0.2, 0.25) is 5.91 Å². The lowest BCUT2D eigenvalue weighted by Crippen LogP contribution is -2.51. The fourth-order valence-electron chi connectivity index (χ4n) is 3.53. The molecule has 0 saturated carbocycles. The van der Waals surface area contributed by atoms with E-state index >= 15 is 0 Å². The molecule has 0 unspecified atom stereocenters. The van der Waals surface area contributed by atoms with Crippen molar-refractivity contribution in [2.75, 3.05) is 19.6 Å². The van der Waals surface area contributed by atoms with Gasteiger partial charge in [-0.3, -0.25) is 9.69 Å². The van der Waals surface area contributed by atoms with E-state index in [1.807, 2.05) is 11.0 Å². The SMILES string of the molecule is N[C@H]1CCCN(C(=O)[C@@H]2CCCN2Cc2ccccc2)C1. The van der Waals surface area contributed by atoms with Gasteiger partial charge in [-0.1, -0.05) is 30.3 Å². The highest BCUT2D eigenvalue weighted by molar-refractivity contribution is 5.82. The molecule has 114 valence electrons. The predicted octanol–water partition coefficient (Wildman–Crippen LogP) is 1.60. The van der Waals surface area contributed by atoms with Gasteiger partial charge in [0.15, 0.2) is 0 Å². The van der Waals surface area contributed by atoms with Crippen LogP contribution in [0.5, 0.6) is 0 Å². The highest BCUT2D eigenvalue weighted by Gasteiger charge is 2.34. The molecule has 1 aromatic rings. The third-order valence-corrected chi connectivity index (χ3v) is 4.65. The van der Waals surface area contributed by atoms with Gasteiger partial charge in [0.1, 0.15) is 0 Å². The normalized spacial score (nSPS) is 27.0. The third kappa shape index (κ3) is 3.44. The number of piperidine rings is 1. The largest absolute Gasteiger partial charge is 0.340 e. The maximum atomic E-state index is 12.8. The molecule has 1 aromatic carbocycles. The van der Waals surface area contributed by atoms with Crippen molar-refractivity contribution in [1.29, 1.82) is 0 Å². The topological polar surface area (TPSA) is 49.6 Å². The maximum absolute atomic E-state index is 12.8. The van der Waals surface area contributed by atoms with Gasteiger partial charge in [0.25, 0.3) is 0 Å². The Balaban J connectivity index is 1.64. The summed E-state index contributed by atoms with van der Waals surface area (Å²) in [4.78, 5) is 17.1. The van der Waals surface area contributed by atoms with Crippen molar-refractivity contribution in [3.63, 3.8) is 0 Å². The van der Waals surface area contributed by atoms with E-state index in [1.54, 1.807) is 0 Å². The van der Waals surface area contributed by atoms with E-state index in [4.69, 9.17) is 5.73 Å². The monoisotopic (exact) mass is 287 g/mol. The Bertz CT molecular complexity index is 476. The molecule has 4 heteroatoms. The number of nitrogens with zero attached hydrogens (tertiary/aromatic N) is 2. The molecular formula is C17H25N3O. The van der Waals surface area contributed by atoms with Gasteiger partial charge in [0, 0.05) is 25.7 Å². The predicted molar refractivity (Wildman–Crippen MR) is 83.7 cm³/mol. The van der Waals surface area contributed by atoms with Crippen LogP contribution in [0, 0.1) is 0 Å². The molecule has 4 nitrogen and oxygen atoms in total. The lowest BCUT2D eigenvalue weighted by atomic mass is 10.0. The molecule has 0 aliphatic carbocycles.